The Labute approximate surface area is 114 Å². The van der Waals surface area contributed by atoms with Gasteiger partial charge < -0.3 is 10.1 Å². The van der Waals surface area contributed by atoms with Gasteiger partial charge in [-0.1, -0.05) is 19.3 Å². The summed E-state index contributed by atoms with van der Waals surface area (Å²) in [6, 6.07) is 1.61. The molecule has 0 aromatic carbocycles. The topological polar surface area (TPSA) is 70.2 Å². The van der Waals surface area contributed by atoms with Crippen molar-refractivity contribution in [1.29, 1.82) is 0 Å². The largest absolute Gasteiger partial charge is 0.478 e. The van der Waals surface area contributed by atoms with Gasteiger partial charge in [0.25, 0.3) is 0 Å². The summed E-state index contributed by atoms with van der Waals surface area (Å²) in [5.41, 5.74) is 1.45. The van der Waals surface area contributed by atoms with E-state index in [9.17, 15) is 9.59 Å². The molecule has 2 aromatic heterocycles. The number of aryl methyl sites for hydroxylation is 1. The van der Waals surface area contributed by atoms with Crippen LogP contribution in [0.4, 0.5) is 0 Å². The Bertz CT molecular complexity index is 682. The minimum atomic E-state index is -0.988. The zero-order valence-corrected chi connectivity index (χ0v) is 11.3. The van der Waals surface area contributed by atoms with Gasteiger partial charge in [-0.05, 0) is 24.3 Å². The minimum absolute atomic E-state index is 0.197. The van der Waals surface area contributed by atoms with Gasteiger partial charge in [0, 0.05) is 11.4 Å². The van der Waals surface area contributed by atoms with Crippen molar-refractivity contribution in [3.63, 3.8) is 0 Å². The Balaban J connectivity index is 1.98. The van der Waals surface area contributed by atoms with Gasteiger partial charge >= 0.3 is 5.97 Å². The van der Waals surface area contributed by atoms with E-state index in [-0.39, 0.29) is 11.1 Å². The normalized spacial score (nSPS) is 15.6. The predicted molar refractivity (Wildman–Crippen MR) is 75.1 cm³/mol. The Kier molecular flexibility index (Phi) is 3.14. The number of aromatic nitrogens is 1. The molecular weight excluding hydrogens is 262 g/mol. The molecule has 0 amide bonds. The number of aromatic amines is 1. The van der Waals surface area contributed by atoms with Crippen LogP contribution in [-0.2, 0) is 6.42 Å². The third kappa shape index (κ3) is 2.30. The number of pyridine rings is 1. The zero-order valence-electron chi connectivity index (χ0n) is 10.4. The van der Waals surface area contributed by atoms with Crippen molar-refractivity contribution in [2.24, 2.45) is 5.92 Å². The summed E-state index contributed by atoms with van der Waals surface area (Å²) in [6.07, 6.45) is 5.86. The molecule has 0 bridgehead atoms. The van der Waals surface area contributed by atoms with Crippen molar-refractivity contribution in [2.75, 3.05) is 0 Å². The van der Waals surface area contributed by atoms with Gasteiger partial charge in [-0.2, -0.15) is 0 Å². The molecule has 1 saturated carbocycles. The molecule has 0 spiro atoms. The maximum Gasteiger partial charge on any atom is 0.338 e. The molecule has 4 nitrogen and oxygen atoms in total. The summed E-state index contributed by atoms with van der Waals surface area (Å²) in [5, 5.41) is 10.7. The van der Waals surface area contributed by atoms with E-state index in [0.717, 1.165) is 29.0 Å². The van der Waals surface area contributed by atoms with Gasteiger partial charge in [0.05, 0.1) is 15.8 Å². The molecule has 0 atom stereocenters. The highest BCUT2D eigenvalue weighted by molar-refractivity contribution is 7.17. The molecule has 0 unspecified atom stereocenters. The van der Waals surface area contributed by atoms with Gasteiger partial charge in [0.1, 0.15) is 0 Å². The van der Waals surface area contributed by atoms with Gasteiger partial charge in [0.15, 0.2) is 0 Å². The van der Waals surface area contributed by atoms with Crippen LogP contribution in [0.5, 0.6) is 0 Å². The van der Waals surface area contributed by atoms with Crippen molar-refractivity contribution < 1.29 is 9.90 Å². The van der Waals surface area contributed by atoms with E-state index in [1.54, 1.807) is 11.4 Å². The van der Waals surface area contributed by atoms with Crippen molar-refractivity contribution >= 4 is 27.5 Å². The maximum atomic E-state index is 11.7. The van der Waals surface area contributed by atoms with E-state index < -0.39 is 5.97 Å². The fourth-order valence-corrected chi connectivity index (χ4v) is 3.63. The number of thiophene rings is 1. The predicted octanol–water partition coefficient (Wildman–Crippen LogP) is 3.02. The van der Waals surface area contributed by atoms with Crippen molar-refractivity contribution in [2.45, 2.75) is 32.1 Å². The monoisotopic (exact) mass is 277 g/mol. The smallest absolute Gasteiger partial charge is 0.338 e. The number of H-pyrrole nitrogens is 1. The second kappa shape index (κ2) is 4.81. The summed E-state index contributed by atoms with van der Waals surface area (Å²) in [5.74, 6) is -0.203. The van der Waals surface area contributed by atoms with Crippen LogP contribution in [0.1, 0.15) is 41.6 Å². The standard InChI is InChI=1S/C14H15NO3S/c16-11-6-9(5-4-8-2-1-3-8)13-12(15-11)10(7-19-13)14(17)18/h6-8H,1-5H2,(H,15,16)(H,17,18). The van der Waals surface area contributed by atoms with E-state index in [4.69, 9.17) is 5.11 Å². The minimum Gasteiger partial charge on any atom is -0.478 e. The molecular formula is C14H15NO3S. The molecule has 1 fully saturated rings. The fraction of sp³-hybridized carbons (Fsp3) is 0.429. The van der Waals surface area contributed by atoms with Crippen LogP contribution in [0.2, 0.25) is 0 Å². The Morgan fingerprint density at radius 2 is 2.26 bits per heavy atom. The van der Waals surface area contributed by atoms with E-state index >= 15 is 0 Å². The van der Waals surface area contributed by atoms with E-state index in [0.29, 0.717) is 5.52 Å². The van der Waals surface area contributed by atoms with Crippen molar-refractivity contribution in [3.8, 4) is 0 Å². The first kappa shape index (κ1) is 12.4. The van der Waals surface area contributed by atoms with E-state index in [2.05, 4.69) is 4.98 Å². The molecule has 0 aliphatic heterocycles. The maximum absolute atomic E-state index is 11.7. The highest BCUT2D eigenvalue weighted by Crippen LogP contribution is 2.32. The van der Waals surface area contributed by atoms with Crippen LogP contribution < -0.4 is 5.56 Å². The van der Waals surface area contributed by atoms with Crippen LogP contribution >= 0.6 is 11.3 Å². The van der Waals surface area contributed by atoms with Gasteiger partial charge in [-0.3, -0.25) is 4.79 Å². The first-order chi connectivity index (χ1) is 9.15. The molecule has 2 heterocycles. The van der Waals surface area contributed by atoms with Crippen LogP contribution in [0.15, 0.2) is 16.2 Å². The van der Waals surface area contributed by atoms with Crippen LogP contribution in [-0.4, -0.2) is 16.1 Å². The number of hydrogen-bond acceptors (Lipinski definition) is 3. The lowest BCUT2D eigenvalue weighted by Crippen LogP contribution is -2.13. The molecule has 2 N–H and O–H groups in total. The first-order valence-electron chi connectivity index (χ1n) is 6.52. The lowest BCUT2D eigenvalue weighted by atomic mass is 9.81. The zero-order chi connectivity index (χ0) is 13.4. The Hall–Kier alpha value is -1.62. The van der Waals surface area contributed by atoms with E-state index in [1.165, 1.54) is 30.6 Å². The number of carboxylic acid groups (broad SMARTS) is 1. The average molecular weight is 277 g/mol. The lowest BCUT2D eigenvalue weighted by molar-refractivity contribution is 0.0699. The number of carboxylic acids is 1. The Morgan fingerprint density at radius 3 is 2.89 bits per heavy atom. The molecule has 3 rings (SSSR count). The SMILES string of the molecule is O=C(O)c1csc2c(CCC3CCC3)cc(=O)[nH]c12. The number of carbonyl (C=O) groups is 1. The number of rotatable bonds is 4. The summed E-state index contributed by atoms with van der Waals surface area (Å²) in [7, 11) is 0. The number of hydrogen-bond donors (Lipinski definition) is 2. The second-order valence-corrected chi connectivity index (χ2v) is 6.03. The lowest BCUT2D eigenvalue weighted by Gasteiger charge is -2.25. The van der Waals surface area contributed by atoms with Gasteiger partial charge in [0.2, 0.25) is 5.56 Å². The summed E-state index contributed by atoms with van der Waals surface area (Å²) in [4.78, 5) is 25.4. The van der Waals surface area contributed by atoms with Crippen LogP contribution in [0, 0.1) is 5.92 Å². The van der Waals surface area contributed by atoms with Crippen molar-refractivity contribution in [1.82, 2.24) is 4.98 Å². The third-order valence-electron chi connectivity index (χ3n) is 3.91. The molecule has 0 saturated heterocycles. The highest BCUT2D eigenvalue weighted by Gasteiger charge is 2.19. The second-order valence-electron chi connectivity index (χ2n) is 5.15. The van der Waals surface area contributed by atoms with Gasteiger partial charge in [-0.25, -0.2) is 4.79 Å². The highest BCUT2D eigenvalue weighted by atomic mass is 32.1. The summed E-state index contributed by atoms with van der Waals surface area (Å²) < 4.78 is 0.913. The van der Waals surface area contributed by atoms with E-state index in [1.807, 2.05) is 0 Å². The summed E-state index contributed by atoms with van der Waals surface area (Å²) in [6.45, 7) is 0. The number of fused-ring (bicyclic) bond motifs is 1. The molecule has 0 radical (unpaired) electrons. The van der Waals surface area contributed by atoms with Crippen molar-refractivity contribution in [3.05, 3.63) is 32.9 Å². The molecule has 2 aromatic rings. The fourth-order valence-electron chi connectivity index (χ4n) is 2.59. The average Bonchev–Trinajstić information content (AvgIpc) is 2.70. The molecule has 19 heavy (non-hydrogen) atoms. The number of aromatic carboxylic acids is 1. The van der Waals surface area contributed by atoms with Crippen LogP contribution in [0.3, 0.4) is 0 Å². The first-order valence-corrected chi connectivity index (χ1v) is 7.40. The van der Waals surface area contributed by atoms with Gasteiger partial charge in [-0.15, -0.1) is 11.3 Å². The number of nitrogens with one attached hydrogen (secondary N) is 1. The molecule has 1 aliphatic rings. The Morgan fingerprint density at radius 1 is 1.47 bits per heavy atom. The van der Waals surface area contributed by atoms with Crippen LogP contribution in [0.25, 0.3) is 10.2 Å². The molecule has 100 valence electrons. The molecule has 5 heteroatoms. The summed E-state index contributed by atoms with van der Waals surface area (Å²) >= 11 is 1.40. The molecule has 1 aliphatic carbocycles. The third-order valence-corrected chi connectivity index (χ3v) is 4.97. The quantitative estimate of drug-likeness (QED) is 0.902.